The Labute approximate surface area is 123 Å². The fraction of sp³-hybridized carbons (Fsp3) is 0.400. The van der Waals surface area contributed by atoms with Crippen LogP contribution in [0.15, 0.2) is 29.8 Å². The molecule has 0 aliphatic carbocycles. The van der Waals surface area contributed by atoms with Crippen LogP contribution in [0.25, 0.3) is 10.4 Å². The van der Waals surface area contributed by atoms with E-state index in [0.717, 1.165) is 29.2 Å². The van der Waals surface area contributed by atoms with Crippen LogP contribution in [0.4, 0.5) is 0 Å². The number of thiazole rings is 1. The highest BCUT2D eigenvalue weighted by Crippen LogP contribution is 2.30. The van der Waals surface area contributed by atoms with Crippen LogP contribution in [-0.2, 0) is 11.3 Å². The quantitative estimate of drug-likeness (QED) is 0.760. The molecule has 108 valence electrons. The van der Waals surface area contributed by atoms with Gasteiger partial charge in [-0.15, -0.1) is 11.3 Å². The zero-order valence-electron chi connectivity index (χ0n) is 11.5. The summed E-state index contributed by atoms with van der Waals surface area (Å²) < 4.78 is 11.0. The molecule has 0 atom stereocenters. The first-order valence-electron chi connectivity index (χ1n) is 6.69. The van der Waals surface area contributed by atoms with Gasteiger partial charge >= 0.3 is 0 Å². The smallest absolute Gasteiger partial charge is 0.120 e. The maximum atomic E-state index is 9.26. The van der Waals surface area contributed by atoms with Crippen molar-refractivity contribution >= 4 is 11.3 Å². The van der Waals surface area contributed by atoms with Gasteiger partial charge < -0.3 is 14.6 Å². The van der Waals surface area contributed by atoms with Gasteiger partial charge in [0.25, 0.3) is 0 Å². The predicted octanol–water partition coefficient (Wildman–Crippen LogP) is 3.11. The minimum absolute atomic E-state index is 0.0468. The molecule has 0 radical (unpaired) electrons. The van der Waals surface area contributed by atoms with Gasteiger partial charge in [-0.05, 0) is 24.1 Å². The van der Waals surface area contributed by atoms with Crippen molar-refractivity contribution in [3.8, 4) is 16.2 Å². The van der Waals surface area contributed by atoms with Crippen molar-refractivity contribution in [1.29, 1.82) is 0 Å². The number of aliphatic hydroxyl groups excluding tert-OH is 1. The van der Waals surface area contributed by atoms with Gasteiger partial charge in [0.2, 0.25) is 0 Å². The van der Waals surface area contributed by atoms with Crippen molar-refractivity contribution in [1.82, 2.24) is 4.98 Å². The van der Waals surface area contributed by atoms with Gasteiger partial charge in [-0.3, -0.25) is 0 Å². The highest BCUT2D eigenvalue weighted by atomic mass is 32.1. The Morgan fingerprint density at radius 3 is 2.95 bits per heavy atom. The molecule has 1 aromatic carbocycles. The Bertz CT molecular complexity index is 527. The third-order valence-electron chi connectivity index (χ3n) is 2.73. The third kappa shape index (κ3) is 4.03. The molecule has 20 heavy (non-hydrogen) atoms. The van der Waals surface area contributed by atoms with Gasteiger partial charge in [-0.25, -0.2) is 4.98 Å². The molecule has 4 nitrogen and oxygen atoms in total. The standard InChI is InChI=1S/C15H19NO3S/c1-2-6-18-7-8-19-13-5-3-4-12(9-13)15-14(10-17)16-11-20-15/h3-5,9,11,17H,2,6-8,10H2,1H3. The van der Waals surface area contributed by atoms with Crippen LogP contribution >= 0.6 is 11.3 Å². The molecular weight excluding hydrogens is 274 g/mol. The van der Waals surface area contributed by atoms with Gasteiger partial charge in [0.15, 0.2) is 0 Å². The van der Waals surface area contributed by atoms with Crippen molar-refractivity contribution in [2.24, 2.45) is 0 Å². The van der Waals surface area contributed by atoms with Crippen LogP contribution in [0.5, 0.6) is 5.75 Å². The molecule has 0 fully saturated rings. The van der Waals surface area contributed by atoms with E-state index < -0.39 is 0 Å². The number of hydrogen-bond acceptors (Lipinski definition) is 5. The van der Waals surface area contributed by atoms with E-state index in [-0.39, 0.29) is 6.61 Å². The van der Waals surface area contributed by atoms with Gasteiger partial charge in [-0.2, -0.15) is 0 Å². The average Bonchev–Trinajstić information content (AvgIpc) is 2.96. The van der Waals surface area contributed by atoms with Gasteiger partial charge in [0.1, 0.15) is 12.4 Å². The molecule has 2 aromatic rings. The molecule has 0 bridgehead atoms. The van der Waals surface area contributed by atoms with E-state index in [1.165, 1.54) is 11.3 Å². The number of aromatic nitrogens is 1. The first-order chi connectivity index (χ1) is 9.85. The number of aliphatic hydroxyl groups is 1. The van der Waals surface area contributed by atoms with E-state index in [4.69, 9.17) is 9.47 Å². The van der Waals surface area contributed by atoms with Crippen LogP contribution < -0.4 is 4.74 Å². The highest BCUT2D eigenvalue weighted by molar-refractivity contribution is 7.13. The Balaban J connectivity index is 1.97. The van der Waals surface area contributed by atoms with E-state index in [9.17, 15) is 5.11 Å². The van der Waals surface area contributed by atoms with E-state index >= 15 is 0 Å². The molecule has 1 aromatic heterocycles. The Morgan fingerprint density at radius 1 is 1.25 bits per heavy atom. The summed E-state index contributed by atoms with van der Waals surface area (Å²) in [6, 6.07) is 7.82. The van der Waals surface area contributed by atoms with Gasteiger partial charge in [-0.1, -0.05) is 19.1 Å². The third-order valence-corrected chi connectivity index (χ3v) is 3.65. The number of ether oxygens (including phenoxy) is 2. The van der Waals surface area contributed by atoms with Crippen molar-refractivity contribution < 1.29 is 14.6 Å². The lowest BCUT2D eigenvalue weighted by Gasteiger charge is -2.08. The summed E-state index contributed by atoms with van der Waals surface area (Å²) in [6.45, 7) is 3.94. The fourth-order valence-electron chi connectivity index (χ4n) is 1.81. The summed E-state index contributed by atoms with van der Waals surface area (Å²) in [5.74, 6) is 0.805. The average molecular weight is 293 g/mol. The number of hydrogen-bond donors (Lipinski definition) is 1. The summed E-state index contributed by atoms with van der Waals surface area (Å²) in [7, 11) is 0. The van der Waals surface area contributed by atoms with Gasteiger partial charge in [0.05, 0.1) is 29.3 Å². The van der Waals surface area contributed by atoms with E-state index in [0.29, 0.717) is 18.9 Å². The predicted molar refractivity (Wildman–Crippen MR) is 80.1 cm³/mol. The summed E-state index contributed by atoms with van der Waals surface area (Å²) in [5.41, 5.74) is 3.47. The molecule has 0 unspecified atom stereocenters. The molecule has 0 amide bonds. The maximum absolute atomic E-state index is 9.26. The zero-order chi connectivity index (χ0) is 14.2. The topological polar surface area (TPSA) is 51.6 Å². The molecule has 1 heterocycles. The fourth-order valence-corrected chi connectivity index (χ4v) is 2.61. The molecule has 2 rings (SSSR count). The van der Waals surface area contributed by atoms with Crippen molar-refractivity contribution in [3.63, 3.8) is 0 Å². The molecule has 1 N–H and O–H groups in total. The highest BCUT2D eigenvalue weighted by Gasteiger charge is 2.08. The second-order valence-electron chi connectivity index (χ2n) is 4.27. The van der Waals surface area contributed by atoms with Crippen LogP contribution in [0.2, 0.25) is 0 Å². The molecule has 0 saturated heterocycles. The molecule has 5 heteroatoms. The number of nitrogens with zero attached hydrogens (tertiary/aromatic N) is 1. The minimum Gasteiger partial charge on any atom is -0.491 e. The van der Waals surface area contributed by atoms with Crippen LogP contribution in [0.3, 0.4) is 0 Å². The van der Waals surface area contributed by atoms with Crippen molar-refractivity contribution in [2.45, 2.75) is 20.0 Å². The van der Waals surface area contributed by atoms with Crippen molar-refractivity contribution in [2.75, 3.05) is 19.8 Å². The number of rotatable bonds is 8. The number of benzene rings is 1. The van der Waals surface area contributed by atoms with E-state index in [1.807, 2.05) is 24.3 Å². The van der Waals surface area contributed by atoms with Gasteiger partial charge in [0, 0.05) is 6.61 Å². The molecular formula is C15H19NO3S. The molecule has 0 spiro atoms. The first kappa shape index (κ1) is 15.0. The van der Waals surface area contributed by atoms with Crippen LogP contribution in [0, 0.1) is 0 Å². The minimum atomic E-state index is -0.0468. The Hall–Kier alpha value is -1.43. The molecule has 0 aliphatic heterocycles. The largest absolute Gasteiger partial charge is 0.491 e. The summed E-state index contributed by atoms with van der Waals surface area (Å²) in [6.07, 6.45) is 1.02. The summed E-state index contributed by atoms with van der Waals surface area (Å²) in [4.78, 5) is 5.13. The van der Waals surface area contributed by atoms with E-state index in [2.05, 4.69) is 11.9 Å². The zero-order valence-corrected chi connectivity index (χ0v) is 12.4. The lowest BCUT2D eigenvalue weighted by Crippen LogP contribution is -2.07. The second kappa shape index (κ2) is 7.99. The summed E-state index contributed by atoms with van der Waals surface area (Å²) >= 11 is 1.52. The van der Waals surface area contributed by atoms with Crippen molar-refractivity contribution in [3.05, 3.63) is 35.5 Å². The Kier molecular flexibility index (Phi) is 5.98. The maximum Gasteiger partial charge on any atom is 0.120 e. The van der Waals surface area contributed by atoms with E-state index in [1.54, 1.807) is 5.51 Å². The monoisotopic (exact) mass is 293 g/mol. The normalized spacial score (nSPS) is 10.7. The second-order valence-corrected chi connectivity index (χ2v) is 5.13. The Morgan fingerprint density at radius 2 is 2.15 bits per heavy atom. The van der Waals surface area contributed by atoms with Crippen LogP contribution in [0.1, 0.15) is 19.0 Å². The SMILES string of the molecule is CCCOCCOc1cccc(-c2scnc2CO)c1. The summed E-state index contributed by atoms with van der Waals surface area (Å²) in [5, 5.41) is 9.26. The molecule has 0 aliphatic rings. The lowest BCUT2D eigenvalue weighted by atomic mass is 10.1. The van der Waals surface area contributed by atoms with Crippen LogP contribution in [-0.4, -0.2) is 29.9 Å². The lowest BCUT2D eigenvalue weighted by molar-refractivity contribution is 0.101. The molecule has 0 saturated carbocycles. The first-order valence-corrected chi connectivity index (χ1v) is 7.57.